The van der Waals surface area contributed by atoms with E-state index in [1.54, 1.807) is 18.7 Å². The molecule has 176 valence electrons. The van der Waals surface area contributed by atoms with Crippen LogP contribution in [0.1, 0.15) is 39.9 Å². The minimum absolute atomic E-state index is 0.201. The molecule has 0 bridgehead atoms. The highest BCUT2D eigenvalue weighted by molar-refractivity contribution is 6.05. The van der Waals surface area contributed by atoms with Gasteiger partial charge in [0, 0.05) is 52.4 Å². The first-order valence-corrected chi connectivity index (χ1v) is 11.9. The number of pyridine rings is 1. The van der Waals surface area contributed by atoms with Crippen LogP contribution in [0.3, 0.4) is 0 Å². The number of fused-ring (bicyclic) bond motifs is 2. The lowest BCUT2D eigenvalue weighted by Crippen LogP contribution is -2.19. The van der Waals surface area contributed by atoms with Crippen LogP contribution in [0.5, 0.6) is 0 Å². The van der Waals surface area contributed by atoms with Crippen molar-refractivity contribution in [2.75, 3.05) is 23.3 Å². The summed E-state index contributed by atoms with van der Waals surface area (Å²) in [5, 5.41) is 11.7. The molecule has 1 aliphatic heterocycles. The van der Waals surface area contributed by atoms with E-state index < -0.39 is 0 Å². The van der Waals surface area contributed by atoms with Crippen LogP contribution in [0.2, 0.25) is 0 Å². The van der Waals surface area contributed by atoms with Gasteiger partial charge in [-0.05, 0) is 61.7 Å². The van der Waals surface area contributed by atoms with Crippen molar-refractivity contribution in [3.63, 3.8) is 0 Å². The highest BCUT2D eigenvalue weighted by Gasteiger charge is 2.17. The van der Waals surface area contributed by atoms with Gasteiger partial charge in [0.2, 0.25) is 0 Å². The number of aromatic nitrogens is 5. The van der Waals surface area contributed by atoms with Crippen LogP contribution in [-0.2, 0) is 0 Å². The quantitative estimate of drug-likeness (QED) is 0.375. The van der Waals surface area contributed by atoms with Gasteiger partial charge < -0.3 is 10.2 Å². The first-order valence-electron chi connectivity index (χ1n) is 11.9. The van der Waals surface area contributed by atoms with Crippen LogP contribution in [0.4, 0.5) is 11.5 Å². The van der Waals surface area contributed by atoms with E-state index in [1.165, 1.54) is 12.8 Å². The summed E-state index contributed by atoms with van der Waals surface area (Å²) in [6, 6.07) is 13.2. The molecule has 5 aromatic rings. The topological polar surface area (TPSA) is 99.7 Å². The molecule has 2 N–H and O–H groups in total. The van der Waals surface area contributed by atoms with E-state index >= 15 is 0 Å². The Balaban J connectivity index is 1.23. The molecule has 4 heterocycles. The average Bonchev–Trinajstić information content (AvgIpc) is 3.60. The van der Waals surface area contributed by atoms with Gasteiger partial charge in [-0.2, -0.15) is 5.10 Å². The molecule has 1 aliphatic rings. The SMILES string of the molecule is Cc1ccc(C(=O)Nc2ccc3c(N4CCCC4)ncnc3c2)cc1C#Cc1cnc2[nH]ncc2c1. The molecule has 0 saturated carbocycles. The monoisotopic (exact) mass is 473 g/mol. The molecule has 0 aliphatic carbocycles. The zero-order valence-electron chi connectivity index (χ0n) is 19.7. The van der Waals surface area contributed by atoms with Crippen molar-refractivity contribution < 1.29 is 4.79 Å². The van der Waals surface area contributed by atoms with Gasteiger partial charge in [-0.3, -0.25) is 9.89 Å². The van der Waals surface area contributed by atoms with E-state index in [0.29, 0.717) is 11.3 Å². The zero-order chi connectivity index (χ0) is 24.5. The first-order chi connectivity index (χ1) is 17.6. The highest BCUT2D eigenvalue weighted by Crippen LogP contribution is 2.28. The fourth-order valence-electron chi connectivity index (χ4n) is 4.45. The number of aromatic amines is 1. The maximum absolute atomic E-state index is 13.1. The normalized spacial score (nSPS) is 13.1. The van der Waals surface area contributed by atoms with Gasteiger partial charge in [-0.1, -0.05) is 17.9 Å². The highest BCUT2D eigenvalue weighted by atomic mass is 16.1. The second-order valence-electron chi connectivity index (χ2n) is 8.89. The van der Waals surface area contributed by atoms with Crippen LogP contribution >= 0.6 is 0 Å². The molecular formula is C28H23N7O. The molecule has 1 amide bonds. The number of H-pyrrole nitrogens is 1. The Hall–Kier alpha value is -4.77. The lowest BCUT2D eigenvalue weighted by molar-refractivity contribution is 0.102. The number of rotatable bonds is 3. The molecule has 8 nitrogen and oxygen atoms in total. The number of anilines is 2. The van der Waals surface area contributed by atoms with Gasteiger partial charge in [-0.15, -0.1) is 0 Å². The third-order valence-corrected chi connectivity index (χ3v) is 6.41. The van der Waals surface area contributed by atoms with Crippen molar-refractivity contribution in [1.29, 1.82) is 0 Å². The summed E-state index contributed by atoms with van der Waals surface area (Å²) in [4.78, 5) is 28.6. The fourth-order valence-corrected chi connectivity index (χ4v) is 4.45. The number of aryl methyl sites for hydroxylation is 1. The molecule has 1 fully saturated rings. The molecule has 8 heteroatoms. The van der Waals surface area contributed by atoms with E-state index in [-0.39, 0.29) is 5.91 Å². The summed E-state index contributed by atoms with van der Waals surface area (Å²) in [5.74, 6) is 7.08. The number of amides is 1. The van der Waals surface area contributed by atoms with E-state index in [1.807, 2.05) is 49.4 Å². The minimum atomic E-state index is -0.201. The third-order valence-electron chi connectivity index (χ3n) is 6.41. The van der Waals surface area contributed by atoms with E-state index in [2.05, 4.69) is 47.2 Å². The van der Waals surface area contributed by atoms with Crippen LogP contribution in [0.15, 0.2) is 61.2 Å². The van der Waals surface area contributed by atoms with Crippen molar-refractivity contribution in [2.24, 2.45) is 0 Å². The Morgan fingerprint density at radius 3 is 2.78 bits per heavy atom. The summed E-state index contributed by atoms with van der Waals surface area (Å²) >= 11 is 0. The van der Waals surface area contributed by atoms with E-state index in [0.717, 1.165) is 57.5 Å². The number of nitrogens with zero attached hydrogens (tertiary/aromatic N) is 5. The Morgan fingerprint density at radius 2 is 1.89 bits per heavy atom. The third kappa shape index (κ3) is 4.23. The Bertz CT molecular complexity index is 1670. The Kier molecular flexibility index (Phi) is 5.51. The van der Waals surface area contributed by atoms with E-state index in [9.17, 15) is 4.79 Å². The molecule has 2 aromatic carbocycles. The second-order valence-corrected chi connectivity index (χ2v) is 8.89. The lowest BCUT2D eigenvalue weighted by Gasteiger charge is -2.18. The molecule has 36 heavy (non-hydrogen) atoms. The van der Waals surface area contributed by atoms with Crippen LogP contribution in [-0.4, -0.2) is 44.1 Å². The molecule has 6 rings (SSSR count). The first kappa shape index (κ1) is 21.7. The molecule has 3 aromatic heterocycles. The van der Waals surface area contributed by atoms with Crippen molar-refractivity contribution in [2.45, 2.75) is 19.8 Å². The van der Waals surface area contributed by atoms with Gasteiger partial charge >= 0.3 is 0 Å². The largest absolute Gasteiger partial charge is 0.356 e. The summed E-state index contributed by atoms with van der Waals surface area (Å²) in [7, 11) is 0. The van der Waals surface area contributed by atoms with Crippen molar-refractivity contribution in [3.8, 4) is 11.8 Å². The van der Waals surface area contributed by atoms with Gasteiger partial charge in [0.1, 0.15) is 12.1 Å². The minimum Gasteiger partial charge on any atom is -0.356 e. The Labute approximate surface area is 207 Å². The maximum atomic E-state index is 13.1. The maximum Gasteiger partial charge on any atom is 0.255 e. The Morgan fingerprint density at radius 1 is 1.00 bits per heavy atom. The predicted octanol–water partition coefficient (Wildman–Crippen LogP) is 4.46. The molecule has 0 spiro atoms. The van der Waals surface area contributed by atoms with E-state index in [4.69, 9.17) is 0 Å². The number of nitrogens with one attached hydrogen (secondary N) is 2. The molecule has 1 saturated heterocycles. The van der Waals surface area contributed by atoms with Crippen molar-refractivity contribution in [3.05, 3.63) is 83.4 Å². The van der Waals surface area contributed by atoms with Gasteiger partial charge in [0.25, 0.3) is 5.91 Å². The van der Waals surface area contributed by atoms with Crippen LogP contribution in [0.25, 0.3) is 21.9 Å². The number of hydrogen-bond acceptors (Lipinski definition) is 6. The predicted molar refractivity (Wildman–Crippen MR) is 140 cm³/mol. The summed E-state index contributed by atoms with van der Waals surface area (Å²) in [6.45, 7) is 4.00. The lowest BCUT2D eigenvalue weighted by atomic mass is 10.0. The van der Waals surface area contributed by atoms with Gasteiger partial charge in [-0.25, -0.2) is 15.0 Å². The average molecular weight is 474 g/mol. The number of hydrogen-bond donors (Lipinski definition) is 2. The fraction of sp³-hybridized carbons (Fsp3) is 0.179. The number of carbonyl (C=O) groups is 1. The van der Waals surface area contributed by atoms with Crippen LogP contribution in [0, 0.1) is 18.8 Å². The standard InChI is InChI=1S/C28H23N7O/c1-18-4-6-21(13-20(18)7-5-19-12-22-16-32-34-26(22)29-15-19)28(36)33-23-8-9-24-25(14-23)30-17-31-27(24)35-10-2-3-11-35/h4,6,8-9,12-17H,2-3,10-11H2,1H3,(H,33,36)(H,29,32,34). The van der Waals surface area contributed by atoms with Crippen LogP contribution < -0.4 is 10.2 Å². The number of benzene rings is 2. The van der Waals surface area contributed by atoms with Gasteiger partial charge in [0.15, 0.2) is 5.65 Å². The number of carbonyl (C=O) groups excluding carboxylic acids is 1. The van der Waals surface area contributed by atoms with Gasteiger partial charge in [0.05, 0.1) is 11.7 Å². The smallest absolute Gasteiger partial charge is 0.255 e. The zero-order valence-corrected chi connectivity index (χ0v) is 19.7. The second kappa shape index (κ2) is 9.12. The van der Waals surface area contributed by atoms with Crippen molar-refractivity contribution in [1.82, 2.24) is 25.1 Å². The van der Waals surface area contributed by atoms with Crippen molar-refractivity contribution >= 4 is 39.3 Å². The summed E-state index contributed by atoms with van der Waals surface area (Å²) in [6.07, 6.45) is 7.37. The summed E-state index contributed by atoms with van der Waals surface area (Å²) in [5.41, 5.74) is 5.32. The summed E-state index contributed by atoms with van der Waals surface area (Å²) < 4.78 is 0. The molecule has 0 atom stereocenters. The molecule has 0 radical (unpaired) electrons. The molecular weight excluding hydrogens is 450 g/mol. The molecule has 0 unspecified atom stereocenters.